The van der Waals surface area contributed by atoms with E-state index in [1.807, 2.05) is 43.5 Å². The fraction of sp³-hybridized carbons (Fsp3) is 0.125. The summed E-state index contributed by atoms with van der Waals surface area (Å²) in [7, 11) is 1.58. The van der Waals surface area contributed by atoms with Crippen molar-refractivity contribution in [1.82, 2.24) is 15.0 Å². The Bertz CT molecular complexity index is 1460. The topological polar surface area (TPSA) is 93.9 Å². The zero-order valence-electron chi connectivity index (χ0n) is 17.0. The molecule has 0 amide bonds. The van der Waals surface area contributed by atoms with Crippen LogP contribution in [0, 0.1) is 0 Å². The Labute approximate surface area is 182 Å². The van der Waals surface area contributed by atoms with E-state index in [2.05, 4.69) is 15.0 Å². The van der Waals surface area contributed by atoms with Crippen LogP contribution in [0.2, 0.25) is 5.02 Å². The van der Waals surface area contributed by atoms with Crippen molar-refractivity contribution >= 4 is 39.4 Å². The molecule has 6 nitrogen and oxygen atoms in total. The molecule has 0 aliphatic rings. The molecule has 5 rings (SSSR count). The lowest BCUT2D eigenvalue weighted by atomic mass is 9.93. The van der Waals surface area contributed by atoms with Gasteiger partial charge in [0.2, 0.25) is 0 Å². The van der Waals surface area contributed by atoms with Crippen LogP contribution in [0.1, 0.15) is 23.0 Å². The number of ether oxygens (including phenoxy) is 1. The number of H-pyrrole nitrogens is 3. The van der Waals surface area contributed by atoms with Gasteiger partial charge < -0.3 is 24.8 Å². The quantitative estimate of drug-likeness (QED) is 0.264. The van der Waals surface area contributed by atoms with Crippen LogP contribution >= 0.6 is 11.6 Å². The molecule has 4 N–H and O–H groups in total. The van der Waals surface area contributed by atoms with Crippen LogP contribution in [0.3, 0.4) is 0 Å². The van der Waals surface area contributed by atoms with Gasteiger partial charge in [-0.1, -0.05) is 30.7 Å². The lowest BCUT2D eigenvalue weighted by Crippen LogP contribution is -2.00. The number of benzene rings is 2. The minimum atomic E-state index is -1.03. The molecule has 0 unspecified atom stereocenters. The van der Waals surface area contributed by atoms with Crippen LogP contribution in [0.25, 0.3) is 44.2 Å². The first-order valence-corrected chi connectivity index (χ1v) is 10.3. The van der Waals surface area contributed by atoms with Crippen molar-refractivity contribution in [2.45, 2.75) is 13.3 Å². The summed E-state index contributed by atoms with van der Waals surface area (Å²) < 4.78 is 5.46. The van der Waals surface area contributed by atoms with E-state index in [1.165, 1.54) is 0 Å². The van der Waals surface area contributed by atoms with Gasteiger partial charge >= 0.3 is 5.97 Å². The summed E-state index contributed by atoms with van der Waals surface area (Å²) in [6.07, 6.45) is 4.31. The summed E-state index contributed by atoms with van der Waals surface area (Å²) >= 11 is 6.71. The molecular formula is C24H20ClN3O3. The zero-order valence-corrected chi connectivity index (χ0v) is 17.7. The Balaban J connectivity index is 1.89. The first-order valence-electron chi connectivity index (χ1n) is 9.93. The average Bonchev–Trinajstić information content (AvgIpc) is 3.50. The molecule has 0 saturated carbocycles. The Kier molecular flexibility index (Phi) is 4.52. The molecule has 31 heavy (non-hydrogen) atoms. The van der Waals surface area contributed by atoms with Crippen LogP contribution in [-0.4, -0.2) is 33.1 Å². The number of carboxylic acids is 1. The maximum atomic E-state index is 12.3. The highest BCUT2D eigenvalue weighted by atomic mass is 35.5. The van der Waals surface area contributed by atoms with Gasteiger partial charge in [0.15, 0.2) is 0 Å². The highest BCUT2D eigenvalue weighted by molar-refractivity contribution is 6.36. The van der Waals surface area contributed by atoms with Crippen molar-refractivity contribution in [3.05, 3.63) is 65.1 Å². The molecule has 0 aliphatic carbocycles. The molecule has 0 atom stereocenters. The van der Waals surface area contributed by atoms with Gasteiger partial charge in [0, 0.05) is 51.4 Å². The van der Waals surface area contributed by atoms with Crippen LogP contribution in [0.5, 0.6) is 5.75 Å². The molecule has 0 fully saturated rings. The predicted octanol–water partition coefficient (Wildman–Crippen LogP) is 6.23. The Morgan fingerprint density at radius 2 is 1.87 bits per heavy atom. The van der Waals surface area contributed by atoms with Crippen LogP contribution in [0.15, 0.2) is 48.8 Å². The number of hydrogen-bond donors (Lipinski definition) is 4. The van der Waals surface area contributed by atoms with E-state index in [0.29, 0.717) is 28.3 Å². The number of aromatic amines is 3. The van der Waals surface area contributed by atoms with E-state index in [-0.39, 0.29) is 5.69 Å². The molecule has 0 radical (unpaired) electrons. The number of fused-ring (bicyclic) bond motifs is 2. The molecule has 0 bridgehead atoms. The smallest absolute Gasteiger partial charge is 0.352 e. The maximum Gasteiger partial charge on any atom is 0.352 e. The van der Waals surface area contributed by atoms with Crippen molar-refractivity contribution in [3.8, 4) is 28.1 Å². The van der Waals surface area contributed by atoms with Crippen molar-refractivity contribution in [1.29, 1.82) is 0 Å². The Morgan fingerprint density at radius 3 is 2.61 bits per heavy atom. The summed E-state index contributed by atoms with van der Waals surface area (Å²) in [5.74, 6) is -0.427. The number of halogens is 1. The van der Waals surface area contributed by atoms with Gasteiger partial charge in [-0.25, -0.2) is 4.79 Å². The molecule has 3 heterocycles. The molecule has 0 spiro atoms. The number of aromatic nitrogens is 3. The number of rotatable bonds is 5. The van der Waals surface area contributed by atoms with Gasteiger partial charge in [-0.3, -0.25) is 0 Å². The summed E-state index contributed by atoms with van der Waals surface area (Å²) in [6.45, 7) is 2.02. The van der Waals surface area contributed by atoms with Gasteiger partial charge in [0.1, 0.15) is 11.4 Å². The lowest BCUT2D eigenvalue weighted by Gasteiger charge is -2.12. The van der Waals surface area contributed by atoms with Crippen molar-refractivity contribution in [3.63, 3.8) is 0 Å². The van der Waals surface area contributed by atoms with E-state index in [0.717, 1.165) is 38.6 Å². The highest BCUT2D eigenvalue weighted by Crippen LogP contribution is 2.45. The van der Waals surface area contributed by atoms with Crippen LogP contribution in [0.4, 0.5) is 0 Å². The van der Waals surface area contributed by atoms with Gasteiger partial charge in [-0.2, -0.15) is 0 Å². The van der Waals surface area contributed by atoms with E-state index < -0.39 is 5.97 Å². The fourth-order valence-corrected chi connectivity index (χ4v) is 4.74. The number of aromatic carboxylic acids is 1. The summed E-state index contributed by atoms with van der Waals surface area (Å²) in [5, 5.41) is 12.4. The second-order valence-electron chi connectivity index (χ2n) is 7.33. The number of carbonyl (C=O) groups is 1. The maximum absolute atomic E-state index is 12.3. The second-order valence-corrected chi connectivity index (χ2v) is 7.74. The first kappa shape index (κ1) is 19.3. The number of carboxylic acid groups (broad SMARTS) is 1. The molecule has 0 saturated heterocycles. The summed E-state index contributed by atoms with van der Waals surface area (Å²) in [4.78, 5) is 21.9. The van der Waals surface area contributed by atoms with Crippen molar-refractivity contribution in [2.75, 3.05) is 7.11 Å². The Hall–Kier alpha value is -3.64. The van der Waals surface area contributed by atoms with Gasteiger partial charge in [-0.15, -0.1) is 0 Å². The predicted molar refractivity (Wildman–Crippen MR) is 123 cm³/mol. The second kappa shape index (κ2) is 7.25. The van der Waals surface area contributed by atoms with Crippen LogP contribution in [-0.2, 0) is 6.42 Å². The van der Waals surface area contributed by atoms with E-state index >= 15 is 0 Å². The number of hydrogen-bond acceptors (Lipinski definition) is 2. The molecule has 3 aromatic heterocycles. The monoisotopic (exact) mass is 433 g/mol. The molecule has 156 valence electrons. The Morgan fingerprint density at radius 1 is 1.10 bits per heavy atom. The third-order valence-corrected chi connectivity index (χ3v) is 6.06. The number of nitrogens with one attached hydrogen (secondary N) is 3. The van der Waals surface area contributed by atoms with Crippen LogP contribution < -0.4 is 4.74 Å². The zero-order chi connectivity index (χ0) is 21.7. The molecule has 2 aromatic carbocycles. The standard InChI is InChI=1S/C24H20ClN3O3/c1-3-12-20(19-15-8-10-27-22(15)18(31-2)11-16(19)25)23(24(29)30)28-21(12)14-5-4-6-17-13(14)7-9-26-17/h4-11,26-28H,3H2,1-2H3,(H,29,30). The summed E-state index contributed by atoms with van der Waals surface area (Å²) in [5.41, 5.74) is 5.80. The average molecular weight is 434 g/mol. The first-order chi connectivity index (χ1) is 15.0. The van der Waals surface area contributed by atoms with E-state index in [1.54, 1.807) is 19.4 Å². The highest BCUT2D eigenvalue weighted by Gasteiger charge is 2.27. The van der Waals surface area contributed by atoms with Crippen molar-refractivity contribution < 1.29 is 14.6 Å². The molecule has 5 aromatic rings. The third-order valence-electron chi connectivity index (χ3n) is 5.76. The molecule has 7 heteroatoms. The molecular weight excluding hydrogens is 414 g/mol. The summed E-state index contributed by atoms with van der Waals surface area (Å²) in [6, 6.07) is 11.6. The largest absolute Gasteiger partial charge is 0.495 e. The van der Waals surface area contributed by atoms with E-state index in [4.69, 9.17) is 16.3 Å². The van der Waals surface area contributed by atoms with Gasteiger partial charge in [0.25, 0.3) is 0 Å². The normalized spacial score (nSPS) is 11.5. The molecule has 0 aliphatic heterocycles. The van der Waals surface area contributed by atoms with E-state index in [9.17, 15) is 9.90 Å². The van der Waals surface area contributed by atoms with Crippen molar-refractivity contribution in [2.24, 2.45) is 0 Å². The fourth-order valence-electron chi connectivity index (χ4n) is 4.45. The lowest BCUT2D eigenvalue weighted by molar-refractivity contribution is 0.0692. The minimum Gasteiger partial charge on any atom is -0.495 e. The van der Waals surface area contributed by atoms with Gasteiger partial charge in [-0.05, 0) is 30.2 Å². The number of methoxy groups -OCH3 is 1. The minimum absolute atomic E-state index is 0.119. The SMILES string of the molecule is CCc1c(-c2cccc3[nH]ccc23)[nH]c(C(=O)O)c1-c1c(Cl)cc(OC)c2[nH]ccc12. The third kappa shape index (κ3) is 2.83. The van der Waals surface area contributed by atoms with Gasteiger partial charge in [0.05, 0.1) is 23.3 Å².